The fourth-order valence-electron chi connectivity index (χ4n) is 2.15. The number of hydrogen-bond acceptors (Lipinski definition) is 1. The van der Waals surface area contributed by atoms with Crippen LogP contribution in [-0.4, -0.2) is 0 Å². The van der Waals surface area contributed by atoms with Crippen molar-refractivity contribution in [3.63, 3.8) is 0 Å². The van der Waals surface area contributed by atoms with Crippen molar-refractivity contribution in [2.75, 3.05) is 0 Å². The van der Waals surface area contributed by atoms with Crippen molar-refractivity contribution in [1.82, 2.24) is 5.32 Å². The molecule has 20 heavy (non-hydrogen) atoms. The van der Waals surface area contributed by atoms with E-state index in [1.807, 2.05) is 18.2 Å². The van der Waals surface area contributed by atoms with Gasteiger partial charge in [0.05, 0.1) is 0 Å². The SMILES string of the molecule is C=CCC(NCc1ccc(Cl)cc1)c1ccc(C)cc1. The molecule has 1 nitrogen and oxygen atoms in total. The van der Waals surface area contributed by atoms with E-state index in [0.717, 1.165) is 18.0 Å². The number of nitrogens with one attached hydrogen (secondary N) is 1. The molecule has 1 atom stereocenters. The minimum atomic E-state index is 0.295. The van der Waals surface area contributed by atoms with Crippen LogP contribution in [0.4, 0.5) is 0 Å². The van der Waals surface area contributed by atoms with Crippen LogP contribution in [0.25, 0.3) is 0 Å². The molecule has 0 bridgehead atoms. The standard InChI is InChI=1S/C18H20ClN/c1-3-4-18(16-9-5-14(2)6-10-16)20-13-15-7-11-17(19)12-8-15/h3,5-12,18,20H,1,4,13H2,2H3. The van der Waals surface area contributed by atoms with Crippen molar-refractivity contribution >= 4 is 11.6 Å². The molecule has 1 N–H and O–H groups in total. The molecule has 0 saturated carbocycles. The Hall–Kier alpha value is -1.57. The highest BCUT2D eigenvalue weighted by Crippen LogP contribution is 2.19. The Bertz CT molecular complexity index is 543. The maximum Gasteiger partial charge on any atom is 0.0406 e. The van der Waals surface area contributed by atoms with E-state index >= 15 is 0 Å². The molecule has 0 aliphatic heterocycles. The number of hydrogen-bond donors (Lipinski definition) is 1. The van der Waals surface area contributed by atoms with Gasteiger partial charge in [-0.2, -0.15) is 0 Å². The first kappa shape index (κ1) is 14.8. The second kappa shape index (κ2) is 7.28. The summed E-state index contributed by atoms with van der Waals surface area (Å²) in [5, 5.41) is 4.35. The zero-order valence-electron chi connectivity index (χ0n) is 11.8. The van der Waals surface area contributed by atoms with Crippen LogP contribution in [0.2, 0.25) is 5.02 Å². The summed E-state index contributed by atoms with van der Waals surface area (Å²) in [4.78, 5) is 0. The van der Waals surface area contributed by atoms with E-state index in [0.29, 0.717) is 6.04 Å². The fraction of sp³-hybridized carbons (Fsp3) is 0.222. The lowest BCUT2D eigenvalue weighted by atomic mass is 10.0. The van der Waals surface area contributed by atoms with E-state index < -0.39 is 0 Å². The summed E-state index contributed by atoms with van der Waals surface area (Å²) in [6.07, 6.45) is 2.87. The van der Waals surface area contributed by atoms with Gasteiger partial charge in [0.1, 0.15) is 0 Å². The molecule has 0 aliphatic carbocycles. The van der Waals surface area contributed by atoms with E-state index in [1.165, 1.54) is 16.7 Å². The Morgan fingerprint density at radius 3 is 2.35 bits per heavy atom. The van der Waals surface area contributed by atoms with Crippen LogP contribution < -0.4 is 5.32 Å². The highest BCUT2D eigenvalue weighted by molar-refractivity contribution is 6.30. The molecule has 1 unspecified atom stereocenters. The number of halogens is 1. The van der Waals surface area contributed by atoms with Crippen LogP contribution in [0.1, 0.15) is 29.2 Å². The van der Waals surface area contributed by atoms with Crippen LogP contribution in [0.15, 0.2) is 61.2 Å². The molecule has 0 amide bonds. The number of rotatable bonds is 6. The molecular formula is C18H20ClN. The molecule has 0 spiro atoms. The predicted molar refractivity (Wildman–Crippen MR) is 87.0 cm³/mol. The van der Waals surface area contributed by atoms with E-state index in [4.69, 9.17) is 11.6 Å². The number of benzene rings is 2. The Kier molecular flexibility index (Phi) is 5.40. The summed E-state index contributed by atoms with van der Waals surface area (Å²) < 4.78 is 0. The smallest absolute Gasteiger partial charge is 0.0406 e. The Morgan fingerprint density at radius 2 is 1.75 bits per heavy atom. The van der Waals surface area contributed by atoms with E-state index in [-0.39, 0.29) is 0 Å². The summed E-state index contributed by atoms with van der Waals surface area (Å²) in [6, 6.07) is 16.9. The maximum atomic E-state index is 5.90. The van der Waals surface area contributed by atoms with Crippen molar-refractivity contribution in [3.05, 3.63) is 82.9 Å². The van der Waals surface area contributed by atoms with Crippen LogP contribution >= 0.6 is 11.6 Å². The average Bonchev–Trinajstić information content (AvgIpc) is 2.46. The van der Waals surface area contributed by atoms with Gasteiger partial charge in [0, 0.05) is 17.6 Å². The second-order valence-corrected chi connectivity index (χ2v) is 5.43. The average molecular weight is 286 g/mol. The van der Waals surface area contributed by atoms with Crippen LogP contribution in [0.5, 0.6) is 0 Å². The molecule has 0 fully saturated rings. The molecule has 0 radical (unpaired) electrons. The van der Waals surface area contributed by atoms with Gasteiger partial charge >= 0.3 is 0 Å². The zero-order valence-corrected chi connectivity index (χ0v) is 12.5. The largest absolute Gasteiger partial charge is 0.306 e. The van der Waals surface area contributed by atoms with Gasteiger partial charge < -0.3 is 5.32 Å². The molecular weight excluding hydrogens is 266 g/mol. The third kappa shape index (κ3) is 4.22. The van der Waals surface area contributed by atoms with Gasteiger partial charge in [0.15, 0.2) is 0 Å². The molecule has 2 rings (SSSR count). The van der Waals surface area contributed by atoms with Crippen LogP contribution in [0, 0.1) is 6.92 Å². The lowest BCUT2D eigenvalue weighted by molar-refractivity contribution is 0.539. The predicted octanol–water partition coefficient (Wildman–Crippen LogP) is 5.06. The summed E-state index contributed by atoms with van der Waals surface area (Å²) in [7, 11) is 0. The molecule has 2 aromatic rings. The van der Waals surface area contributed by atoms with E-state index in [1.54, 1.807) is 0 Å². The molecule has 2 aromatic carbocycles. The first-order valence-electron chi connectivity index (χ1n) is 6.84. The quantitative estimate of drug-likeness (QED) is 0.732. The minimum absolute atomic E-state index is 0.295. The van der Waals surface area contributed by atoms with Crippen molar-refractivity contribution in [3.8, 4) is 0 Å². The molecule has 0 saturated heterocycles. The van der Waals surface area contributed by atoms with Gasteiger partial charge in [0.2, 0.25) is 0 Å². The Labute approximate surface area is 126 Å². The maximum absolute atomic E-state index is 5.90. The lowest BCUT2D eigenvalue weighted by Crippen LogP contribution is -2.20. The molecule has 0 aliphatic rings. The molecule has 2 heteroatoms. The summed E-state index contributed by atoms with van der Waals surface area (Å²) in [6.45, 7) is 6.78. The summed E-state index contributed by atoms with van der Waals surface area (Å²) in [5.41, 5.74) is 3.81. The Balaban J connectivity index is 2.03. The number of aryl methyl sites for hydroxylation is 1. The van der Waals surface area contributed by atoms with Gasteiger partial charge in [-0.25, -0.2) is 0 Å². The minimum Gasteiger partial charge on any atom is -0.306 e. The van der Waals surface area contributed by atoms with Crippen LogP contribution in [-0.2, 0) is 6.54 Å². The van der Waals surface area contributed by atoms with Gasteiger partial charge in [-0.05, 0) is 36.6 Å². The van der Waals surface area contributed by atoms with Crippen LogP contribution in [0.3, 0.4) is 0 Å². The van der Waals surface area contributed by atoms with Gasteiger partial charge in [-0.15, -0.1) is 6.58 Å². The topological polar surface area (TPSA) is 12.0 Å². The van der Waals surface area contributed by atoms with Gasteiger partial charge in [-0.3, -0.25) is 0 Å². The monoisotopic (exact) mass is 285 g/mol. The highest BCUT2D eigenvalue weighted by atomic mass is 35.5. The lowest BCUT2D eigenvalue weighted by Gasteiger charge is -2.18. The van der Waals surface area contributed by atoms with Gasteiger partial charge in [-0.1, -0.05) is 59.6 Å². The molecule has 0 aromatic heterocycles. The second-order valence-electron chi connectivity index (χ2n) is 5.00. The third-order valence-corrected chi connectivity index (χ3v) is 3.60. The van der Waals surface area contributed by atoms with Crippen molar-refractivity contribution in [2.45, 2.75) is 25.9 Å². The summed E-state index contributed by atoms with van der Waals surface area (Å²) >= 11 is 5.90. The summed E-state index contributed by atoms with van der Waals surface area (Å²) in [5.74, 6) is 0. The highest BCUT2D eigenvalue weighted by Gasteiger charge is 2.08. The normalized spacial score (nSPS) is 12.1. The molecule has 104 valence electrons. The fourth-order valence-corrected chi connectivity index (χ4v) is 2.27. The van der Waals surface area contributed by atoms with Crippen molar-refractivity contribution < 1.29 is 0 Å². The Morgan fingerprint density at radius 1 is 1.10 bits per heavy atom. The first-order valence-corrected chi connectivity index (χ1v) is 7.22. The zero-order chi connectivity index (χ0) is 14.4. The first-order chi connectivity index (χ1) is 9.69. The molecule has 0 heterocycles. The third-order valence-electron chi connectivity index (χ3n) is 3.35. The van der Waals surface area contributed by atoms with Gasteiger partial charge in [0.25, 0.3) is 0 Å². The van der Waals surface area contributed by atoms with Crippen molar-refractivity contribution in [1.29, 1.82) is 0 Å². The van der Waals surface area contributed by atoms with E-state index in [9.17, 15) is 0 Å². The van der Waals surface area contributed by atoms with Crippen molar-refractivity contribution in [2.24, 2.45) is 0 Å². The van der Waals surface area contributed by atoms with E-state index in [2.05, 4.69) is 55.2 Å².